The molecule has 0 aliphatic rings. The first-order chi connectivity index (χ1) is 9.45. The molecule has 0 heterocycles. The molecule has 0 aliphatic heterocycles. The molecule has 0 spiro atoms. The number of hydrogen-bond acceptors (Lipinski definition) is 5. The van der Waals surface area contributed by atoms with Gasteiger partial charge in [0.2, 0.25) is 0 Å². The summed E-state index contributed by atoms with van der Waals surface area (Å²) in [5.74, 6) is -1.40. The fourth-order valence-electron chi connectivity index (χ4n) is 1.70. The molecule has 1 rings (SSSR count). The van der Waals surface area contributed by atoms with Crippen molar-refractivity contribution in [2.75, 3.05) is 7.11 Å². The Bertz CT molecular complexity index is 520. The standard InChI is InChI=1S/C15H16O5/c1-4-10-15(2,13(17)20-14(18)19-3)12(16)11-8-6-5-7-9-11/h4-9H,1,10H2,2-3H3. The van der Waals surface area contributed by atoms with Crippen LogP contribution in [0, 0.1) is 5.41 Å². The van der Waals surface area contributed by atoms with E-state index in [-0.39, 0.29) is 6.42 Å². The van der Waals surface area contributed by atoms with Crippen LogP contribution >= 0.6 is 0 Å². The number of rotatable bonds is 5. The molecule has 0 radical (unpaired) electrons. The van der Waals surface area contributed by atoms with Gasteiger partial charge in [0, 0.05) is 5.56 Å². The van der Waals surface area contributed by atoms with Crippen LogP contribution in [0.3, 0.4) is 0 Å². The van der Waals surface area contributed by atoms with E-state index in [2.05, 4.69) is 16.1 Å². The van der Waals surface area contributed by atoms with Gasteiger partial charge in [0.15, 0.2) is 5.78 Å². The van der Waals surface area contributed by atoms with Crippen molar-refractivity contribution in [3.63, 3.8) is 0 Å². The highest BCUT2D eigenvalue weighted by Gasteiger charge is 2.43. The number of carbonyl (C=O) groups is 3. The van der Waals surface area contributed by atoms with Gasteiger partial charge in [0.05, 0.1) is 7.11 Å². The van der Waals surface area contributed by atoms with Gasteiger partial charge >= 0.3 is 12.1 Å². The van der Waals surface area contributed by atoms with Gasteiger partial charge in [-0.2, -0.15) is 0 Å². The second-order valence-electron chi connectivity index (χ2n) is 4.36. The van der Waals surface area contributed by atoms with Gasteiger partial charge in [-0.3, -0.25) is 9.59 Å². The largest absolute Gasteiger partial charge is 0.515 e. The maximum absolute atomic E-state index is 12.5. The molecular formula is C15H16O5. The van der Waals surface area contributed by atoms with Crippen LogP contribution in [0.25, 0.3) is 0 Å². The second-order valence-corrected chi connectivity index (χ2v) is 4.36. The number of allylic oxidation sites excluding steroid dienone is 1. The number of ether oxygens (including phenoxy) is 2. The molecule has 5 heteroatoms. The lowest BCUT2D eigenvalue weighted by Crippen LogP contribution is -2.38. The van der Waals surface area contributed by atoms with Crippen molar-refractivity contribution in [3.05, 3.63) is 48.6 Å². The Kier molecular flexibility index (Phi) is 5.20. The average Bonchev–Trinajstić information content (AvgIpc) is 2.47. The molecular weight excluding hydrogens is 260 g/mol. The molecule has 0 saturated carbocycles. The van der Waals surface area contributed by atoms with E-state index in [1.807, 2.05) is 0 Å². The average molecular weight is 276 g/mol. The number of Topliss-reactive ketones (excluding diaryl/α,β-unsaturated/α-hetero) is 1. The summed E-state index contributed by atoms with van der Waals surface area (Å²) >= 11 is 0. The van der Waals surface area contributed by atoms with E-state index >= 15 is 0 Å². The molecule has 0 amide bonds. The maximum Gasteiger partial charge on any atom is 0.515 e. The molecule has 1 atom stereocenters. The predicted octanol–water partition coefficient (Wildman–Crippen LogP) is 2.76. The molecule has 0 aromatic heterocycles. The zero-order valence-corrected chi connectivity index (χ0v) is 11.4. The third-order valence-electron chi connectivity index (χ3n) is 2.88. The zero-order chi connectivity index (χ0) is 15.2. The first-order valence-electron chi connectivity index (χ1n) is 5.96. The minimum atomic E-state index is -1.52. The Balaban J connectivity index is 3.08. The topological polar surface area (TPSA) is 69.7 Å². The highest BCUT2D eigenvalue weighted by molar-refractivity contribution is 6.13. The molecule has 5 nitrogen and oxygen atoms in total. The van der Waals surface area contributed by atoms with Gasteiger partial charge in [0.25, 0.3) is 0 Å². The van der Waals surface area contributed by atoms with E-state index in [1.165, 1.54) is 13.0 Å². The Morgan fingerprint density at radius 2 is 1.85 bits per heavy atom. The maximum atomic E-state index is 12.5. The van der Waals surface area contributed by atoms with Crippen molar-refractivity contribution in [3.8, 4) is 0 Å². The molecule has 0 bridgehead atoms. The summed E-state index contributed by atoms with van der Waals surface area (Å²) in [5, 5.41) is 0. The number of ketones is 1. The van der Waals surface area contributed by atoms with Crippen molar-refractivity contribution in [1.82, 2.24) is 0 Å². The third-order valence-corrected chi connectivity index (χ3v) is 2.88. The van der Waals surface area contributed by atoms with E-state index < -0.39 is 23.3 Å². The number of esters is 1. The first kappa shape index (κ1) is 15.6. The van der Waals surface area contributed by atoms with Crippen molar-refractivity contribution >= 4 is 17.9 Å². The van der Waals surface area contributed by atoms with Gasteiger partial charge < -0.3 is 9.47 Å². The molecule has 0 fully saturated rings. The van der Waals surface area contributed by atoms with Crippen LogP contribution in [0.5, 0.6) is 0 Å². The molecule has 106 valence electrons. The van der Waals surface area contributed by atoms with Crippen LogP contribution in [0.4, 0.5) is 4.79 Å². The molecule has 0 aliphatic carbocycles. The minimum absolute atomic E-state index is 0.0521. The first-order valence-corrected chi connectivity index (χ1v) is 5.96. The Morgan fingerprint density at radius 1 is 1.25 bits per heavy atom. The Morgan fingerprint density at radius 3 is 2.35 bits per heavy atom. The third kappa shape index (κ3) is 3.32. The molecule has 0 N–H and O–H groups in total. The summed E-state index contributed by atoms with van der Waals surface area (Å²) in [6.45, 7) is 4.94. The summed E-state index contributed by atoms with van der Waals surface area (Å²) in [6, 6.07) is 8.32. The quantitative estimate of drug-likeness (QED) is 0.358. The smallest absolute Gasteiger partial charge is 0.437 e. The van der Waals surface area contributed by atoms with Crippen molar-refractivity contribution < 1.29 is 23.9 Å². The summed E-state index contributed by atoms with van der Waals surface area (Å²) in [7, 11) is 1.08. The predicted molar refractivity (Wildman–Crippen MR) is 72.2 cm³/mol. The van der Waals surface area contributed by atoms with Gasteiger partial charge in [0.1, 0.15) is 5.41 Å². The van der Waals surface area contributed by atoms with E-state index in [0.717, 1.165) is 7.11 Å². The summed E-state index contributed by atoms with van der Waals surface area (Å²) in [5.41, 5.74) is -1.16. The zero-order valence-electron chi connectivity index (χ0n) is 11.4. The number of benzene rings is 1. The monoisotopic (exact) mass is 276 g/mol. The van der Waals surface area contributed by atoms with Crippen molar-refractivity contribution in [2.24, 2.45) is 5.41 Å². The van der Waals surface area contributed by atoms with Gasteiger partial charge in [-0.05, 0) is 13.3 Å². The van der Waals surface area contributed by atoms with Crippen LogP contribution in [-0.4, -0.2) is 25.0 Å². The second kappa shape index (κ2) is 6.65. The minimum Gasteiger partial charge on any atom is -0.437 e. The highest BCUT2D eigenvalue weighted by atomic mass is 16.7. The Hall–Kier alpha value is -2.43. The summed E-state index contributed by atoms with van der Waals surface area (Å²) < 4.78 is 8.75. The van der Waals surface area contributed by atoms with Gasteiger partial charge in [-0.25, -0.2) is 4.79 Å². The lowest BCUT2D eigenvalue weighted by molar-refractivity contribution is -0.147. The van der Waals surface area contributed by atoms with Crippen LogP contribution in [0.2, 0.25) is 0 Å². The number of hydrogen-bond donors (Lipinski definition) is 0. The van der Waals surface area contributed by atoms with E-state index in [0.29, 0.717) is 5.56 Å². The molecule has 0 saturated heterocycles. The lowest BCUT2D eigenvalue weighted by atomic mass is 9.79. The van der Waals surface area contributed by atoms with Crippen molar-refractivity contribution in [2.45, 2.75) is 13.3 Å². The lowest BCUT2D eigenvalue weighted by Gasteiger charge is -2.23. The fourth-order valence-corrected chi connectivity index (χ4v) is 1.70. The SMILES string of the molecule is C=CCC(C)(C(=O)OC(=O)OC)C(=O)c1ccccc1. The fraction of sp³-hybridized carbons (Fsp3) is 0.267. The highest BCUT2D eigenvalue weighted by Crippen LogP contribution is 2.29. The van der Waals surface area contributed by atoms with Gasteiger partial charge in [-0.1, -0.05) is 36.4 Å². The number of carbonyl (C=O) groups excluding carboxylic acids is 3. The van der Waals surface area contributed by atoms with E-state index in [9.17, 15) is 14.4 Å². The van der Waals surface area contributed by atoms with Crippen LogP contribution < -0.4 is 0 Å². The summed E-state index contributed by atoms with van der Waals surface area (Å²) in [4.78, 5) is 35.5. The van der Waals surface area contributed by atoms with E-state index in [1.54, 1.807) is 30.3 Å². The summed E-state index contributed by atoms with van der Waals surface area (Å²) in [6.07, 6.45) is 0.335. The Labute approximate surface area is 117 Å². The van der Waals surface area contributed by atoms with Crippen molar-refractivity contribution in [1.29, 1.82) is 0 Å². The van der Waals surface area contributed by atoms with Gasteiger partial charge in [-0.15, -0.1) is 6.58 Å². The number of methoxy groups -OCH3 is 1. The molecule has 1 unspecified atom stereocenters. The normalized spacial score (nSPS) is 12.9. The van der Waals surface area contributed by atoms with Crippen LogP contribution in [0.1, 0.15) is 23.7 Å². The molecule has 1 aromatic rings. The van der Waals surface area contributed by atoms with Crippen LogP contribution in [-0.2, 0) is 14.3 Å². The molecule has 1 aromatic carbocycles. The van der Waals surface area contributed by atoms with E-state index in [4.69, 9.17) is 0 Å². The van der Waals surface area contributed by atoms with Crippen LogP contribution in [0.15, 0.2) is 43.0 Å². The molecule has 20 heavy (non-hydrogen) atoms.